The SMILES string of the molecule is CC(=O)N1CCN(C(=O)c2cc(C)ccc2O)CC1. The average molecular weight is 262 g/mol. The lowest BCUT2D eigenvalue weighted by molar-refractivity contribution is -0.130. The number of benzene rings is 1. The Balaban J connectivity index is 2.09. The Kier molecular flexibility index (Phi) is 3.74. The van der Waals surface area contributed by atoms with E-state index < -0.39 is 0 Å². The highest BCUT2D eigenvalue weighted by atomic mass is 16.3. The molecule has 1 aliphatic heterocycles. The maximum Gasteiger partial charge on any atom is 0.257 e. The van der Waals surface area contributed by atoms with Crippen molar-refractivity contribution in [2.24, 2.45) is 0 Å². The lowest BCUT2D eigenvalue weighted by Gasteiger charge is -2.34. The van der Waals surface area contributed by atoms with Gasteiger partial charge in [0.15, 0.2) is 0 Å². The minimum absolute atomic E-state index is 0.00426. The number of hydrogen-bond acceptors (Lipinski definition) is 3. The Morgan fingerprint density at radius 1 is 1.11 bits per heavy atom. The van der Waals surface area contributed by atoms with Gasteiger partial charge in [0.1, 0.15) is 5.75 Å². The van der Waals surface area contributed by atoms with Crippen LogP contribution in [0.2, 0.25) is 0 Å². The number of phenolic OH excluding ortho intramolecular Hbond substituents is 1. The van der Waals surface area contributed by atoms with Crippen molar-refractivity contribution in [3.63, 3.8) is 0 Å². The Morgan fingerprint density at radius 2 is 1.68 bits per heavy atom. The van der Waals surface area contributed by atoms with E-state index in [1.54, 1.807) is 21.9 Å². The Labute approximate surface area is 112 Å². The van der Waals surface area contributed by atoms with E-state index in [0.717, 1.165) is 5.56 Å². The predicted octanol–water partition coefficient (Wildman–Crippen LogP) is 1.00. The monoisotopic (exact) mass is 262 g/mol. The van der Waals surface area contributed by atoms with E-state index in [2.05, 4.69) is 0 Å². The molecule has 1 N–H and O–H groups in total. The zero-order valence-corrected chi connectivity index (χ0v) is 11.2. The zero-order valence-electron chi connectivity index (χ0n) is 11.2. The van der Waals surface area contributed by atoms with Gasteiger partial charge in [-0.3, -0.25) is 9.59 Å². The summed E-state index contributed by atoms with van der Waals surface area (Å²) in [6.45, 7) is 5.52. The molecular formula is C14H18N2O3. The highest BCUT2D eigenvalue weighted by molar-refractivity contribution is 5.97. The van der Waals surface area contributed by atoms with E-state index >= 15 is 0 Å². The molecule has 2 rings (SSSR count). The average Bonchev–Trinajstić information content (AvgIpc) is 2.41. The van der Waals surface area contributed by atoms with Gasteiger partial charge < -0.3 is 14.9 Å². The van der Waals surface area contributed by atoms with Crippen molar-refractivity contribution in [2.75, 3.05) is 26.2 Å². The second-order valence-electron chi connectivity index (χ2n) is 4.82. The summed E-state index contributed by atoms with van der Waals surface area (Å²) in [5.74, 6) is -0.139. The van der Waals surface area contributed by atoms with Crippen molar-refractivity contribution in [1.82, 2.24) is 9.80 Å². The second-order valence-corrected chi connectivity index (χ2v) is 4.82. The molecule has 0 unspecified atom stereocenters. The summed E-state index contributed by atoms with van der Waals surface area (Å²) < 4.78 is 0. The molecule has 0 aliphatic carbocycles. The summed E-state index contributed by atoms with van der Waals surface area (Å²) in [7, 11) is 0. The minimum atomic E-state index is -0.176. The summed E-state index contributed by atoms with van der Waals surface area (Å²) in [5.41, 5.74) is 1.26. The normalized spacial score (nSPS) is 15.5. The van der Waals surface area contributed by atoms with E-state index in [1.165, 1.54) is 13.0 Å². The van der Waals surface area contributed by atoms with Gasteiger partial charge in [0, 0.05) is 33.1 Å². The van der Waals surface area contributed by atoms with Gasteiger partial charge >= 0.3 is 0 Å². The van der Waals surface area contributed by atoms with Gasteiger partial charge in [-0.2, -0.15) is 0 Å². The molecule has 1 aromatic rings. The van der Waals surface area contributed by atoms with Crippen LogP contribution in [0.3, 0.4) is 0 Å². The van der Waals surface area contributed by atoms with Crippen LogP contribution in [0.1, 0.15) is 22.8 Å². The quantitative estimate of drug-likeness (QED) is 0.821. The van der Waals surface area contributed by atoms with Crippen LogP contribution >= 0.6 is 0 Å². The fraction of sp³-hybridized carbons (Fsp3) is 0.429. The summed E-state index contributed by atoms with van der Waals surface area (Å²) >= 11 is 0. The highest BCUT2D eigenvalue weighted by Gasteiger charge is 2.24. The standard InChI is InChI=1S/C14H18N2O3/c1-10-3-4-13(18)12(9-10)14(19)16-7-5-15(6-8-16)11(2)17/h3-4,9,18H,5-8H2,1-2H3. The molecule has 0 aromatic heterocycles. The number of piperazine rings is 1. The number of aryl methyl sites for hydroxylation is 1. The summed E-state index contributed by atoms with van der Waals surface area (Å²) in [6, 6.07) is 4.99. The maximum atomic E-state index is 12.3. The van der Waals surface area contributed by atoms with Crippen LogP contribution in [0.4, 0.5) is 0 Å². The molecule has 1 aromatic carbocycles. The number of aromatic hydroxyl groups is 1. The topological polar surface area (TPSA) is 60.9 Å². The minimum Gasteiger partial charge on any atom is -0.507 e. The molecule has 1 aliphatic rings. The molecule has 0 bridgehead atoms. The largest absolute Gasteiger partial charge is 0.507 e. The first kappa shape index (κ1) is 13.4. The fourth-order valence-electron chi connectivity index (χ4n) is 2.22. The molecule has 2 amide bonds. The van der Waals surface area contributed by atoms with Gasteiger partial charge in [0.05, 0.1) is 5.56 Å². The van der Waals surface area contributed by atoms with Crippen LogP contribution < -0.4 is 0 Å². The molecular weight excluding hydrogens is 244 g/mol. The molecule has 5 nitrogen and oxygen atoms in total. The van der Waals surface area contributed by atoms with Gasteiger partial charge in [0.25, 0.3) is 5.91 Å². The van der Waals surface area contributed by atoms with Crippen LogP contribution in [0.15, 0.2) is 18.2 Å². The Bertz CT molecular complexity index is 505. The first-order valence-corrected chi connectivity index (χ1v) is 6.33. The number of amides is 2. The number of hydrogen-bond donors (Lipinski definition) is 1. The van der Waals surface area contributed by atoms with E-state index in [-0.39, 0.29) is 17.6 Å². The molecule has 0 atom stereocenters. The first-order chi connectivity index (χ1) is 8.99. The smallest absolute Gasteiger partial charge is 0.257 e. The van der Waals surface area contributed by atoms with E-state index in [1.807, 2.05) is 6.92 Å². The van der Waals surface area contributed by atoms with Crippen LogP contribution in [-0.2, 0) is 4.79 Å². The van der Waals surface area contributed by atoms with E-state index in [9.17, 15) is 14.7 Å². The molecule has 19 heavy (non-hydrogen) atoms. The number of rotatable bonds is 1. The van der Waals surface area contributed by atoms with Crippen LogP contribution in [0.5, 0.6) is 5.75 Å². The first-order valence-electron chi connectivity index (χ1n) is 6.33. The van der Waals surface area contributed by atoms with E-state index in [4.69, 9.17) is 0 Å². The lowest BCUT2D eigenvalue weighted by Crippen LogP contribution is -2.50. The number of nitrogens with zero attached hydrogens (tertiary/aromatic N) is 2. The van der Waals surface area contributed by atoms with Crippen molar-refractivity contribution in [3.05, 3.63) is 29.3 Å². The number of carbonyl (C=O) groups excluding carboxylic acids is 2. The van der Waals surface area contributed by atoms with Crippen molar-refractivity contribution >= 4 is 11.8 Å². The Morgan fingerprint density at radius 3 is 2.26 bits per heavy atom. The molecule has 0 spiro atoms. The summed E-state index contributed by atoms with van der Waals surface area (Å²) in [5, 5.41) is 9.76. The van der Waals surface area contributed by atoms with Crippen molar-refractivity contribution in [2.45, 2.75) is 13.8 Å². The molecule has 102 valence electrons. The second kappa shape index (κ2) is 5.30. The zero-order chi connectivity index (χ0) is 14.0. The third kappa shape index (κ3) is 2.86. The molecule has 1 saturated heterocycles. The van der Waals surface area contributed by atoms with Crippen LogP contribution in [0, 0.1) is 6.92 Å². The molecule has 1 fully saturated rings. The van der Waals surface area contributed by atoms with Crippen molar-refractivity contribution in [1.29, 1.82) is 0 Å². The molecule has 0 radical (unpaired) electrons. The van der Waals surface area contributed by atoms with E-state index in [0.29, 0.717) is 31.7 Å². The molecule has 1 heterocycles. The van der Waals surface area contributed by atoms with Crippen molar-refractivity contribution in [3.8, 4) is 5.75 Å². The third-order valence-corrected chi connectivity index (χ3v) is 3.39. The van der Waals surface area contributed by atoms with Gasteiger partial charge in [-0.1, -0.05) is 11.6 Å². The van der Waals surface area contributed by atoms with Crippen molar-refractivity contribution < 1.29 is 14.7 Å². The number of phenols is 1. The lowest BCUT2D eigenvalue weighted by atomic mass is 10.1. The van der Waals surface area contributed by atoms with Crippen LogP contribution in [-0.4, -0.2) is 52.9 Å². The Hall–Kier alpha value is -2.04. The third-order valence-electron chi connectivity index (χ3n) is 3.39. The summed E-state index contributed by atoms with van der Waals surface area (Å²) in [4.78, 5) is 26.9. The predicted molar refractivity (Wildman–Crippen MR) is 71.0 cm³/mol. The van der Waals surface area contributed by atoms with Gasteiger partial charge in [-0.25, -0.2) is 0 Å². The van der Waals surface area contributed by atoms with Gasteiger partial charge in [0.2, 0.25) is 5.91 Å². The summed E-state index contributed by atoms with van der Waals surface area (Å²) in [6.07, 6.45) is 0. The fourth-order valence-corrected chi connectivity index (χ4v) is 2.22. The van der Waals surface area contributed by atoms with Gasteiger partial charge in [-0.05, 0) is 19.1 Å². The highest BCUT2D eigenvalue weighted by Crippen LogP contribution is 2.20. The number of carbonyl (C=O) groups is 2. The molecule has 0 saturated carbocycles. The van der Waals surface area contributed by atoms with Gasteiger partial charge in [-0.15, -0.1) is 0 Å². The molecule has 5 heteroatoms. The maximum absolute atomic E-state index is 12.3. The van der Waals surface area contributed by atoms with Crippen LogP contribution in [0.25, 0.3) is 0 Å².